The molecule has 0 unspecified atom stereocenters. The summed E-state index contributed by atoms with van der Waals surface area (Å²) in [5.74, 6) is 0.485. The number of hydrogen-bond donors (Lipinski definition) is 2. The first-order valence-electron chi connectivity index (χ1n) is 5.83. The predicted molar refractivity (Wildman–Crippen MR) is 74.4 cm³/mol. The van der Waals surface area contributed by atoms with Crippen molar-refractivity contribution in [3.63, 3.8) is 0 Å². The molecule has 1 aromatic carbocycles. The van der Waals surface area contributed by atoms with Crippen molar-refractivity contribution in [3.8, 4) is 5.69 Å². The summed E-state index contributed by atoms with van der Waals surface area (Å²) in [6.07, 6.45) is 0.829. The summed E-state index contributed by atoms with van der Waals surface area (Å²) in [4.78, 5) is 11.9. The molecule has 0 aliphatic heterocycles. The monoisotopic (exact) mass is 265 g/mol. The number of halogens is 1. The quantitative estimate of drug-likeness (QED) is 0.838. The molecular weight excluding hydrogens is 250 g/mol. The van der Waals surface area contributed by atoms with Crippen LogP contribution in [0.15, 0.2) is 29.1 Å². The van der Waals surface area contributed by atoms with Crippen LogP contribution in [0.5, 0.6) is 0 Å². The van der Waals surface area contributed by atoms with E-state index in [1.807, 2.05) is 0 Å². The van der Waals surface area contributed by atoms with Gasteiger partial charge in [-0.3, -0.25) is 9.89 Å². The van der Waals surface area contributed by atoms with E-state index in [9.17, 15) is 4.79 Å². The summed E-state index contributed by atoms with van der Waals surface area (Å²) >= 11 is 5.84. The summed E-state index contributed by atoms with van der Waals surface area (Å²) in [7, 11) is 0. The minimum atomic E-state index is -0.111. The lowest BCUT2D eigenvalue weighted by Crippen LogP contribution is -2.15. The van der Waals surface area contributed by atoms with E-state index in [-0.39, 0.29) is 5.56 Å². The van der Waals surface area contributed by atoms with Gasteiger partial charge in [0.25, 0.3) is 5.56 Å². The molecule has 0 aliphatic rings. The first kappa shape index (κ1) is 12.8. The highest BCUT2D eigenvalue weighted by Crippen LogP contribution is 2.20. The molecule has 0 spiro atoms. The first-order valence-corrected chi connectivity index (χ1v) is 6.21. The van der Waals surface area contributed by atoms with Gasteiger partial charge in [-0.25, -0.2) is 4.68 Å². The van der Waals surface area contributed by atoms with E-state index in [0.29, 0.717) is 22.3 Å². The SMILES string of the molecule is CC(C)Cc1cc(=O)n(-c2ccc(Cl)cc2N)[nH]1. The highest BCUT2D eigenvalue weighted by molar-refractivity contribution is 6.30. The van der Waals surface area contributed by atoms with Gasteiger partial charge < -0.3 is 5.73 Å². The third-order valence-electron chi connectivity index (χ3n) is 2.63. The molecule has 0 bridgehead atoms. The lowest BCUT2D eigenvalue weighted by molar-refractivity contribution is 0.628. The van der Waals surface area contributed by atoms with Crippen LogP contribution in [-0.4, -0.2) is 9.78 Å². The molecule has 0 saturated carbocycles. The lowest BCUT2D eigenvalue weighted by atomic mass is 10.1. The number of benzene rings is 1. The molecule has 0 radical (unpaired) electrons. The molecule has 0 fully saturated rings. The van der Waals surface area contributed by atoms with Crippen LogP contribution >= 0.6 is 11.6 Å². The van der Waals surface area contributed by atoms with Gasteiger partial charge in [0.1, 0.15) is 0 Å². The Hall–Kier alpha value is -1.68. The number of nitrogen functional groups attached to an aromatic ring is 1. The third kappa shape index (κ3) is 2.59. The molecule has 1 aromatic heterocycles. The number of aromatic nitrogens is 2. The van der Waals surface area contributed by atoms with Crippen molar-refractivity contribution < 1.29 is 0 Å². The van der Waals surface area contributed by atoms with Crippen LogP contribution in [0.25, 0.3) is 5.69 Å². The second-order valence-electron chi connectivity index (χ2n) is 4.76. The Kier molecular flexibility index (Phi) is 3.48. The molecule has 0 saturated heterocycles. The average molecular weight is 266 g/mol. The summed E-state index contributed by atoms with van der Waals surface area (Å²) in [6, 6.07) is 6.68. The van der Waals surface area contributed by atoms with Gasteiger partial charge in [0.05, 0.1) is 11.4 Å². The Bertz CT molecular complexity index is 613. The topological polar surface area (TPSA) is 63.8 Å². The molecule has 3 N–H and O–H groups in total. The molecule has 0 aliphatic carbocycles. The van der Waals surface area contributed by atoms with Gasteiger partial charge in [0, 0.05) is 16.8 Å². The Morgan fingerprint density at radius 2 is 2.11 bits per heavy atom. The van der Waals surface area contributed by atoms with Crippen molar-refractivity contribution in [1.82, 2.24) is 9.78 Å². The minimum absolute atomic E-state index is 0.111. The molecule has 96 valence electrons. The Balaban J connectivity index is 2.44. The normalized spacial score (nSPS) is 11.1. The van der Waals surface area contributed by atoms with E-state index in [2.05, 4.69) is 18.9 Å². The van der Waals surface area contributed by atoms with Crippen LogP contribution in [0, 0.1) is 5.92 Å². The molecule has 1 heterocycles. The number of nitrogens with one attached hydrogen (secondary N) is 1. The Morgan fingerprint density at radius 3 is 2.72 bits per heavy atom. The fourth-order valence-electron chi connectivity index (χ4n) is 1.90. The van der Waals surface area contributed by atoms with E-state index >= 15 is 0 Å². The molecule has 0 amide bonds. The largest absolute Gasteiger partial charge is 0.397 e. The van der Waals surface area contributed by atoms with Crippen molar-refractivity contribution in [2.24, 2.45) is 5.92 Å². The van der Waals surface area contributed by atoms with Crippen molar-refractivity contribution in [2.45, 2.75) is 20.3 Å². The second-order valence-corrected chi connectivity index (χ2v) is 5.19. The van der Waals surface area contributed by atoms with Crippen LogP contribution in [-0.2, 0) is 6.42 Å². The Labute approximate surface area is 110 Å². The van der Waals surface area contributed by atoms with Crippen molar-refractivity contribution in [1.29, 1.82) is 0 Å². The number of nitrogens with two attached hydrogens (primary N) is 1. The molecule has 2 aromatic rings. The second kappa shape index (κ2) is 4.90. The zero-order valence-corrected chi connectivity index (χ0v) is 11.2. The minimum Gasteiger partial charge on any atom is -0.397 e. The van der Waals surface area contributed by atoms with Gasteiger partial charge in [-0.1, -0.05) is 25.4 Å². The lowest BCUT2D eigenvalue weighted by Gasteiger charge is -2.07. The van der Waals surface area contributed by atoms with Crippen LogP contribution in [0.3, 0.4) is 0 Å². The van der Waals surface area contributed by atoms with E-state index in [4.69, 9.17) is 17.3 Å². The number of anilines is 1. The van der Waals surface area contributed by atoms with Gasteiger partial charge in [0.15, 0.2) is 0 Å². The van der Waals surface area contributed by atoms with Gasteiger partial charge >= 0.3 is 0 Å². The summed E-state index contributed by atoms with van der Waals surface area (Å²) in [6.45, 7) is 4.21. The zero-order valence-electron chi connectivity index (χ0n) is 10.4. The summed E-state index contributed by atoms with van der Waals surface area (Å²) in [5, 5.41) is 3.62. The number of nitrogens with zero attached hydrogens (tertiary/aromatic N) is 1. The van der Waals surface area contributed by atoms with Crippen LogP contribution in [0.4, 0.5) is 5.69 Å². The Morgan fingerprint density at radius 1 is 1.39 bits per heavy atom. The van der Waals surface area contributed by atoms with Crippen molar-refractivity contribution in [3.05, 3.63) is 45.3 Å². The van der Waals surface area contributed by atoms with Crippen molar-refractivity contribution in [2.75, 3.05) is 5.73 Å². The number of aromatic amines is 1. The number of rotatable bonds is 3. The van der Waals surface area contributed by atoms with Gasteiger partial charge in [0.2, 0.25) is 0 Å². The number of hydrogen-bond acceptors (Lipinski definition) is 2. The fraction of sp³-hybridized carbons (Fsp3) is 0.308. The highest BCUT2D eigenvalue weighted by atomic mass is 35.5. The molecule has 5 heteroatoms. The van der Waals surface area contributed by atoms with Crippen LogP contribution in [0.1, 0.15) is 19.5 Å². The molecule has 2 rings (SSSR count). The fourth-order valence-corrected chi connectivity index (χ4v) is 2.08. The molecular formula is C13H16ClN3O. The number of H-pyrrole nitrogens is 1. The smallest absolute Gasteiger partial charge is 0.271 e. The van der Waals surface area contributed by atoms with Crippen LogP contribution in [0.2, 0.25) is 5.02 Å². The first-order chi connectivity index (χ1) is 8.47. The van der Waals surface area contributed by atoms with Gasteiger partial charge in [-0.2, -0.15) is 0 Å². The predicted octanol–water partition coefficient (Wildman–Crippen LogP) is 2.60. The van der Waals surface area contributed by atoms with Crippen LogP contribution < -0.4 is 11.3 Å². The molecule has 18 heavy (non-hydrogen) atoms. The highest BCUT2D eigenvalue weighted by Gasteiger charge is 2.09. The van der Waals surface area contributed by atoms with E-state index in [1.54, 1.807) is 24.3 Å². The van der Waals surface area contributed by atoms with E-state index < -0.39 is 0 Å². The average Bonchev–Trinajstić information content (AvgIpc) is 2.58. The maximum absolute atomic E-state index is 11.9. The maximum Gasteiger partial charge on any atom is 0.271 e. The standard InChI is InChI=1S/C13H16ClN3O/c1-8(2)5-10-7-13(18)17(16-10)12-4-3-9(14)6-11(12)15/h3-4,6-8,16H,5,15H2,1-2H3. The zero-order chi connectivity index (χ0) is 13.3. The third-order valence-corrected chi connectivity index (χ3v) is 2.87. The molecule has 0 atom stereocenters. The molecule has 4 nitrogen and oxygen atoms in total. The summed E-state index contributed by atoms with van der Waals surface area (Å²) in [5.41, 5.74) is 7.76. The van der Waals surface area contributed by atoms with E-state index in [1.165, 1.54) is 4.68 Å². The maximum atomic E-state index is 11.9. The van der Waals surface area contributed by atoms with Crippen molar-refractivity contribution >= 4 is 17.3 Å². The van der Waals surface area contributed by atoms with Gasteiger partial charge in [-0.05, 0) is 30.5 Å². The van der Waals surface area contributed by atoms with E-state index in [0.717, 1.165) is 12.1 Å². The summed E-state index contributed by atoms with van der Waals surface area (Å²) < 4.78 is 1.45. The van der Waals surface area contributed by atoms with Gasteiger partial charge in [-0.15, -0.1) is 0 Å².